The quantitative estimate of drug-likeness (QED) is 0.799. The molecule has 3 N–H and O–H groups in total. The lowest BCUT2D eigenvalue weighted by atomic mass is 9.89. The van der Waals surface area contributed by atoms with Crippen molar-refractivity contribution in [2.24, 2.45) is 11.1 Å². The minimum absolute atomic E-state index is 0.0123. The third kappa shape index (κ3) is 11.5. The Bertz CT molecular complexity index is 239. The largest absolute Gasteiger partial charge is 0.444 e. The van der Waals surface area contributed by atoms with E-state index in [0.29, 0.717) is 6.54 Å². The lowest BCUT2D eigenvalue weighted by Gasteiger charge is -2.22. The first kappa shape index (κ1) is 16.2. The van der Waals surface area contributed by atoms with Crippen molar-refractivity contribution in [3.05, 3.63) is 0 Å². The van der Waals surface area contributed by atoms with Crippen molar-refractivity contribution in [3.63, 3.8) is 0 Å². The molecule has 1 unspecified atom stereocenters. The first-order chi connectivity index (χ1) is 7.49. The Balaban J connectivity index is 3.77. The smallest absolute Gasteiger partial charge is 0.407 e. The van der Waals surface area contributed by atoms with Crippen LogP contribution in [-0.4, -0.2) is 24.3 Å². The van der Waals surface area contributed by atoms with Crippen LogP contribution in [0.15, 0.2) is 0 Å². The van der Waals surface area contributed by atoms with Crippen LogP contribution in [0.1, 0.15) is 54.4 Å². The zero-order valence-corrected chi connectivity index (χ0v) is 12.1. The average Bonchev–Trinajstić information content (AvgIpc) is 2.07. The molecule has 0 aliphatic carbocycles. The lowest BCUT2D eigenvalue weighted by Crippen LogP contribution is -2.40. The number of alkyl carbamates (subject to hydrolysis) is 1. The first-order valence-electron chi connectivity index (χ1n) is 6.22. The van der Waals surface area contributed by atoms with Crippen LogP contribution in [0.5, 0.6) is 0 Å². The number of amides is 1. The standard InChI is InChI=1S/C13H28N2O2/c1-12(2,3)8-7-10(14)9-15-11(16)17-13(4,5)6/h10H,7-9,14H2,1-6H3,(H,15,16). The molecule has 0 spiro atoms. The second-order valence-corrected chi connectivity index (χ2v) is 6.74. The number of ether oxygens (including phenoxy) is 1. The lowest BCUT2D eigenvalue weighted by molar-refractivity contribution is 0.0523. The van der Waals surface area contributed by atoms with Crippen molar-refractivity contribution in [3.8, 4) is 0 Å². The van der Waals surface area contributed by atoms with Gasteiger partial charge in [-0.05, 0) is 39.0 Å². The fourth-order valence-corrected chi connectivity index (χ4v) is 1.25. The van der Waals surface area contributed by atoms with Gasteiger partial charge in [0.1, 0.15) is 5.60 Å². The molecular weight excluding hydrogens is 216 g/mol. The zero-order chi connectivity index (χ0) is 13.7. The van der Waals surface area contributed by atoms with Crippen LogP contribution < -0.4 is 11.1 Å². The number of rotatable bonds is 4. The average molecular weight is 244 g/mol. The van der Waals surface area contributed by atoms with Gasteiger partial charge in [0.25, 0.3) is 0 Å². The molecule has 0 bridgehead atoms. The first-order valence-corrected chi connectivity index (χ1v) is 6.22. The van der Waals surface area contributed by atoms with E-state index in [2.05, 4.69) is 26.1 Å². The van der Waals surface area contributed by atoms with Crippen LogP contribution >= 0.6 is 0 Å². The summed E-state index contributed by atoms with van der Waals surface area (Å²) in [7, 11) is 0. The van der Waals surface area contributed by atoms with Gasteiger partial charge in [-0.25, -0.2) is 4.79 Å². The number of hydrogen-bond acceptors (Lipinski definition) is 3. The van der Waals surface area contributed by atoms with Gasteiger partial charge in [-0.15, -0.1) is 0 Å². The number of nitrogens with two attached hydrogens (primary N) is 1. The molecule has 4 heteroatoms. The molecule has 0 aromatic carbocycles. The Labute approximate surface area is 105 Å². The van der Waals surface area contributed by atoms with Gasteiger partial charge in [0.15, 0.2) is 0 Å². The summed E-state index contributed by atoms with van der Waals surface area (Å²) in [6, 6.07) is -0.0123. The van der Waals surface area contributed by atoms with E-state index in [9.17, 15) is 4.79 Å². The van der Waals surface area contributed by atoms with E-state index in [4.69, 9.17) is 10.5 Å². The molecule has 0 saturated carbocycles. The monoisotopic (exact) mass is 244 g/mol. The second-order valence-electron chi connectivity index (χ2n) is 6.74. The van der Waals surface area contributed by atoms with E-state index >= 15 is 0 Å². The molecule has 0 rings (SSSR count). The Hall–Kier alpha value is -0.770. The molecule has 17 heavy (non-hydrogen) atoms. The number of carbonyl (C=O) groups is 1. The summed E-state index contributed by atoms with van der Waals surface area (Å²) in [4.78, 5) is 11.4. The van der Waals surface area contributed by atoms with Crippen LogP contribution in [0.3, 0.4) is 0 Å². The highest BCUT2D eigenvalue weighted by Crippen LogP contribution is 2.20. The van der Waals surface area contributed by atoms with Crippen molar-refractivity contribution in [2.45, 2.75) is 66.0 Å². The fourth-order valence-electron chi connectivity index (χ4n) is 1.25. The number of hydrogen-bond donors (Lipinski definition) is 2. The molecule has 0 aromatic rings. The summed E-state index contributed by atoms with van der Waals surface area (Å²) in [6.07, 6.45) is 1.55. The summed E-state index contributed by atoms with van der Waals surface area (Å²) < 4.78 is 5.13. The Morgan fingerprint density at radius 1 is 1.24 bits per heavy atom. The van der Waals surface area contributed by atoms with E-state index < -0.39 is 11.7 Å². The second kappa shape index (κ2) is 6.24. The van der Waals surface area contributed by atoms with Gasteiger partial charge >= 0.3 is 6.09 Å². The van der Waals surface area contributed by atoms with Gasteiger partial charge in [-0.3, -0.25) is 0 Å². The van der Waals surface area contributed by atoms with Crippen molar-refractivity contribution in [2.75, 3.05) is 6.54 Å². The van der Waals surface area contributed by atoms with Gasteiger partial charge < -0.3 is 15.8 Å². The molecule has 0 aromatic heterocycles. The Morgan fingerprint density at radius 2 is 1.76 bits per heavy atom. The van der Waals surface area contributed by atoms with Crippen molar-refractivity contribution in [1.29, 1.82) is 0 Å². The minimum Gasteiger partial charge on any atom is -0.444 e. The van der Waals surface area contributed by atoms with Gasteiger partial charge in [0.2, 0.25) is 0 Å². The highest BCUT2D eigenvalue weighted by molar-refractivity contribution is 5.67. The molecule has 0 aliphatic rings. The summed E-state index contributed by atoms with van der Waals surface area (Å²) in [5, 5.41) is 2.69. The number of nitrogens with one attached hydrogen (secondary N) is 1. The fraction of sp³-hybridized carbons (Fsp3) is 0.923. The molecule has 4 nitrogen and oxygen atoms in total. The SMILES string of the molecule is CC(C)(C)CCC(N)CNC(=O)OC(C)(C)C. The maximum atomic E-state index is 11.4. The van der Waals surface area contributed by atoms with Gasteiger partial charge in [0.05, 0.1) is 0 Å². The van der Waals surface area contributed by atoms with E-state index in [-0.39, 0.29) is 11.5 Å². The summed E-state index contributed by atoms with van der Waals surface area (Å²) >= 11 is 0. The maximum Gasteiger partial charge on any atom is 0.407 e. The molecule has 1 amide bonds. The Morgan fingerprint density at radius 3 is 2.18 bits per heavy atom. The molecule has 0 radical (unpaired) electrons. The van der Waals surface area contributed by atoms with Crippen LogP contribution in [0.2, 0.25) is 0 Å². The predicted octanol–water partition coefficient (Wildman–Crippen LogP) is 2.66. The van der Waals surface area contributed by atoms with E-state index in [1.165, 1.54) is 0 Å². The van der Waals surface area contributed by atoms with E-state index in [0.717, 1.165) is 12.8 Å². The van der Waals surface area contributed by atoms with Gasteiger partial charge in [0, 0.05) is 12.6 Å². The number of carbonyl (C=O) groups excluding carboxylic acids is 1. The molecule has 0 saturated heterocycles. The summed E-state index contributed by atoms with van der Waals surface area (Å²) in [5.74, 6) is 0. The normalized spacial score (nSPS) is 14.3. The summed E-state index contributed by atoms with van der Waals surface area (Å²) in [5.41, 5.74) is 5.75. The van der Waals surface area contributed by atoms with Crippen LogP contribution in [0.25, 0.3) is 0 Å². The van der Waals surface area contributed by atoms with E-state index in [1.807, 2.05) is 20.8 Å². The molecular formula is C13H28N2O2. The summed E-state index contributed by atoms with van der Waals surface area (Å²) in [6.45, 7) is 12.5. The maximum absolute atomic E-state index is 11.4. The minimum atomic E-state index is -0.459. The molecule has 0 fully saturated rings. The van der Waals surface area contributed by atoms with Gasteiger partial charge in [-0.2, -0.15) is 0 Å². The highest BCUT2D eigenvalue weighted by Gasteiger charge is 2.17. The third-order valence-corrected chi connectivity index (χ3v) is 2.17. The zero-order valence-electron chi connectivity index (χ0n) is 12.1. The predicted molar refractivity (Wildman–Crippen MR) is 70.9 cm³/mol. The topological polar surface area (TPSA) is 64.3 Å². The molecule has 102 valence electrons. The van der Waals surface area contributed by atoms with Crippen molar-refractivity contribution in [1.82, 2.24) is 5.32 Å². The third-order valence-electron chi connectivity index (χ3n) is 2.17. The van der Waals surface area contributed by atoms with Gasteiger partial charge in [-0.1, -0.05) is 20.8 Å². The highest BCUT2D eigenvalue weighted by atomic mass is 16.6. The molecule has 0 aliphatic heterocycles. The van der Waals surface area contributed by atoms with Crippen molar-refractivity contribution >= 4 is 6.09 Å². The molecule has 0 heterocycles. The van der Waals surface area contributed by atoms with Crippen LogP contribution in [-0.2, 0) is 4.74 Å². The van der Waals surface area contributed by atoms with Crippen LogP contribution in [0.4, 0.5) is 4.79 Å². The van der Waals surface area contributed by atoms with Crippen molar-refractivity contribution < 1.29 is 9.53 Å². The van der Waals surface area contributed by atoms with Crippen LogP contribution in [0, 0.1) is 5.41 Å². The Kier molecular flexibility index (Phi) is 5.96. The molecule has 1 atom stereocenters. The van der Waals surface area contributed by atoms with E-state index in [1.54, 1.807) is 0 Å².